The Kier molecular flexibility index (Phi) is 6.90. The van der Waals surface area contributed by atoms with Crippen LogP contribution in [0.1, 0.15) is 46.5 Å². The molecule has 5 nitrogen and oxygen atoms in total. The van der Waals surface area contributed by atoms with E-state index in [1.165, 1.54) is 0 Å². The summed E-state index contributed by atoms with van der Waals surface area (Å²) in [4.78, 5) is 18.3. The minimum atomic E-state index is -0.436. The lowest BCUT2D eigenvalue weighted by atomic mass is 9.94. The standard InChI is InChI=1S/C18H27BrN2O3/c1-18(2,3)24-17(22)21-11-5-7-14(13-21)8-6-12-23-16-10-4-9-15(19)20-16/h4,9-10,14H,5-8,11-13H2,1-3H3. The molecule has 1 atom stereocenters. The molecule has 2 rings (SSSR count). The zero-order chi connectivity index (χ0) is 17.6. The van der Waals surface area contributed by atoms with Gasteiger partial charge in [0.25, 0.3) is 0 Å². The third kappa shape index (κ3) is 6.67. The first-order valence-electron chi connectivity index (χ1n) is 8.57. The third-order valence-electron chi connectivity index (χ3n) is 3.87. The van der Waals surface area contributed by atoms with Crippen LogP contribution in [0.5, 0.6) is 5.88 Å². The van der Waals surface area contributed by atoms with Gasteiger partial charge in [-0.25, -0.2) is 9.78 Å². The first kappa shape index (κ1) is 19.0. The van der Waals surface area contributed by atoms with Gasteiger partial charge in [0.1, 0.15) is 10.2 Å². The Balaban J connectivity index is 1.70. The fourth-order valence-corrected chi connectivity index (χ4v) is 3.14. The summed E-state index contributed by atoms with van der Waals surface area (Å²) in [6, 6.07) is 5.64. The number of rotatable bonds is 5. The topological polar surface area (TPSA) is 51.7 Å². The Morgan fingerprint density at radius 3 is 2.92 bits per heavy atom. The summed E-state index contributed by atoms with van der Waals surface area (Å²) >= 11 is 3.33. The predicted octanol–water partition coefficient (Wildman–Crippen LogP) is 4.65. The van der Waals surface area contributed by atoms with E-state index in [1.54, 1.807) is 0 Å². The molecule has 6 heteroatoms. The fraction of sp³-hybridized carbons (Fsp3) is 0.667. The van der Waals surface area contributed by atoms with E-state index in [0.29, 0.717) is 18.4 Å². The maximum Gasteiger partial charge on any atom is 0.410 e. The molecule has 0 radical (unpaired) electrons. The van der Waals surface area contributed by atoms with Crippen LogP contribution in [0.2, 0.25) is 0 Å². The van der Waals surface area contributed by atoms with Crippen molar-refractivity contribution in [3.05, 3.63) is 22.8 Å². The molecule has 0 saturated carbocycles. The summed E-state index contributed by atoms with van der Waals surface area (Å²) in [6.07, 6.45) is 4.02. The van der Waals surface area contributed by atoms with Gasteiger partial charge in [0, 0.05) is 19.2 Å². The molecule has 0 bridgehead atoms. The number of halogens is 1. The number of likely N-dealkylation sites (tertiary alicyclic amines) is 1. The molecule has 0 spiro atoms. The van der Waals surface area contributed by atoms with Gasteiger partial charge < -0.3 is 14.4 Å². The second kappa shape index (κ2) is 8.70. The van der Waals surface area contributed by atoms with Crippen molar-refractivity contribution >= 4 is 22.0 Å². The summed E-state index contributed by atoms with van der Waals surface area (Å²) in [5, 5.41) is 0. The Bertz CT molecular complexity index is 545. The van der Waals surface area contributed by atoms with Gasteiger partial charge in [0.15, 0.2) is 0 Å². The minimum Gasteiger partial charge on any atom is -0.478 e. The van der Waals surface area contributed by atoms with Crippen LogP contribution in [0.4, 0.5) is 4.79 Å². The number of hydrogen-bond acceptors (Lipinski definition) is 4. The normalized spacial score (nSPS) is 18.3. The highest BCUT2D eigenvalue weighted by Crippen LogP contribution is 2.23. The Morgan fingerprint density at radius 1 is 1.42 bits per heavy atom. The SMILES string of the molecule is CC(C)(C)OC(=O)N1CCCC(CCCOc2cccc(Br)n2)C1. The van der Waals surface area contributed by atoms with Crippen LogP contribution in [0.25, 0.3) is 0 Å². The number of carbonyl (C=O) groups is 1. The largest absolute Gasteiger partial charge is 0.478 e. The van der Waals surface area contributed by atoms with Crippen molar-refractivity contribution in [2.24, 2.45) is 5.92 Å². The van der Waals surface area contributed by atoms with Crippen molar-refractivity contribution in [3.8, 4) is 5.88 Å². The second-order valence-electron chi connectivity index (χ2n) is 7.22. The summed E-state index contributed by atoms with van der Waals surface area (Å²) < 4.78 is 11.9. The zero-order valence-corrected chi connectivity index (χ0v) is 16.3. The molecule has 1 saturated heterocycles. The summed E-state index contributed by atoms with van der Waals surface area (Å²) in [7, 11) is 0. The maximum atomic E-state index is 12.2. The van der Waals surface area contributed by atoms with Gasteiger partial charge in [0.05, 0.1) is 6.61 Å². The first-order chi connectivity index (χ1) is 11.3. The average molecular weight is 399 g/mol. The molecule has 1 fully saturated rings. The van der Waals surface area contributed by atoms with Crippen molar-refractivity contribution in [2.75, 3.05) is 19.7 Å². The molecule has 0 aromatic carbocycles. The number of pyridine rings is 1. The molecule has 0 N–H and O–H groups in total. The van der Waals surface area contributed by atoms with Gasteiger partial charge in [-0.05, 0) is 74.4 Å². The van der Waals surface area contributed by atoms with Crippen LogP contribution in [0.3, 0.4) is 0 Å². The van der Waals surface area contributed by atoms with Gasteiger partial charge in [-0.15, -0.1) is 0 Å². The van der Waals surface area contributed by atoms with Gasteiger partial charge in [-0.3, -0.25) is 0 Å². The van der Waals surface area contributed by atoms with E-state index in [0.717, 1.165) is 43.4 Å². The quantitative estimate of drug-likeness (QED) is 0.534. The number of aromatic nitrogens is 1. The Morgan fingerprint density at radius 2 is 2.21 bits per heavy atom. The number of ether oxygens (including phenoxy) is 2. The van der Waals surface area contributed by atoms with Crippen LogP contribution in [0.15, 0.2) is 22.8 Å². The lowest BCUT2D eigenvalue weighted by molar-refractivity contribution is 0.0159. The smallest absolute Gasteiger partial charge is 0.410 e. The zero-order valence-electron chi connectivity index (χ0n) is 14.8. The highest BCUT2D eigenvalue weighted by Gasteiger charge is 2.27. The fourth-order valence-electron chi connectivity index (χ4n) is 2.81. The van der Waals surface area contributed by atoms with E-state index in [4.69, 9.17) is 9.47 Å². The molecular formula is C18H27BrN2O3. The number of nitrogens with zero attached hydrogens (tertiary/aromatic N) is 2. The number of amides is 1. The van der Waals surface area contributed by atoms with E-state index in [9.17, 15) is 4.79 Å². The van der Waals surface area contributed by atoms with Gasteiger partial charge in [0.2, 0.25) is 5.88 Å². The number of piperidine rings is 1. The minimum absolute atomic E-state index is 0.193. The summed E-state index contributed by atoms with van der Waals surface area (Å²) in [5.74, 6) is 1.16. The lowest BCUT2D eigenvalue weighted by Crippen LogP contribution is -2.42. The molecule has 24 heavy (non-hydrogen) atoms. The molecule has 1 aromatic heterocycles. The molecule has 2 heterocycles. The molecule has 1 amide bonds. The second-order valence-corrected chi connectivity index (χ2v) is 8.04. The van der Waals surface area contributed by atoms with Crippen LogP contribution in [0, 0.1) is 5.92 Å². The molecule has 134 valence electrons. The molecule has 1 aliphatic rings. The van der Waals surface area contributed by atoms with Crippen molar-refractivity contribution in [3.63, 3.8) is 0 Å². The van der Waals surface area contributed by atoms with Crippen LogP contribution in [-0.2, 0) is 4.74 Å². The van der Waals surface area contributed by atoms with Crippen molar-refractivity contribution in [1.82, 2.24) is 9.88 Å². The van der Waals surface area contributed by atoms with E-state index >= 15 is 0 Å². The van der Waals surface area contributed by atoms with Crippen LogP contribution < -0.4 is 4.74 Å². The molecular weight excluding hydrogens is 372 g/mol. The van der Waals surface area contributed by atoms with Crippen molar-refractivity contribution in [1.29, 1.82) is 0 Å². The van der Waals surface area contributed by atoms with E-state index in [-0.39, 0.29) is 6.09 Å². The average Bonchev–Trinajstić information content (AvgIpc) is 2.50. The first-order valence-corrected chi connectivity index (χ1v) is 9.36. The number of carbonyl (C=O) groups excluding carboxylic acids is 1. The lowest BCUT2D eigenvalue weighted by Gasteiger charge is -2.34. The van der Waals surface area contributed by atoms with Crippen LogP contribution in [-0.4, -0.2) is 41.3 Å². The molecule has 0 aliphatic carbocycles. The van der Waals surface area contributed by atoms with Gasteiger partial charge in [-0.2, -0.15) is 0 Å². The van der Waals surface area contributed by atoms with Crippen molar-refractivity contribution in [2.45, 2.75) is 52.1 Å². The summed E-state index contributed by atoms with van der Waals surface area (Å²) in [6.45, 7) is 7.93. The monoisotopic (exact) mass is 398 g/mol. The van der Waals surface area contributed by atoms with Crippen LogP contribution >= 0.6 is 15.9 Å². The van der Waals surface area contributed by atoms with Crippen molar-refractivity contribution < 1.29 is 14.3 Å². The van der Waals surface area contributed by atoms with Gasteiger partial charge in [-0.1, -0.05) is 6.07 Å². The van der Waals surface area contributed by atoms with E-state index < -0.39 is 5.60 Å². The predicted molar refractivity (Wildman–Crippen MR) is 97.2 cm³/mol. The Hall–Kier alpha value is -1.30. The summed E-state index contributed by atoms with van der Waals surface area (Å²) in [5.41, 5.74) is -0.436. The molecule has 1 aliphatic heterocycles. The maximum absolute atomic E-state index is 12.2. The highest BCUT2D eigenvalue weighted by molar-refractivity contribution is 9.10. The highest BCUT2D eigenvalue weighted by atomic mass is 79.9. The van der Waals surface area contributed by atoms with Gasteiger partial charge >= 0.3 is 6.09 Å². The Labute approximate surface area is 152 Å². The number of hydrogen-bond donors (Lipinski definition) is 0. The third-order valence-corrected chi connectivity index (χ3v) is 4.31. The van der Waals surface area contributed by atoms with E-state index in [1.807, 2.05) is 43.9 Å². The molecule has 1 unspecified atom stereocenters. The van der Waals surface area contributed by atoms with E-state index in [2.05, 4.69) is 20.9 Å². The molecule has 1 aromatic rings.